The Kier molecular flexibility index (Phi) is 3.53. The van der Waals surface area contributed by atoms with Gasteiger partial charge < -0.3 is 0 Å². The van der Waals surface area contributed by atoms with E-state index in [1.54, 1.807) is 0 Å². The van der Waals surface area contributed by atoms with Gasteiger partial charge in [0.2, 0.25) is 0 Å². The van der Waals surface area contributed by atoms with E-state index in [0.717, 1.165) is 5.54 Å². The van der Waals surface area contributed by atoms with Gasteiger partial charge in [-0.1, -0.05) is 32.2 Å². The van der Waals surface area contributed by atoms with Gasteiger partial charge in [-0.2, -0.15) is 0 Å². The van der Waals surface area contributed by atoms with Gasteiger partial charge in [-0.05, 0) is 0 Å². The third-order valence-corrected chi connectivity index (χ3v) is 1.80. The predicted octanol–water partition coefficient (Wildman–Crippen LogP) is 1.76. The molecule has 6 heavy (non-hydrogen) atoms. The number of hydrogen-bond donors (Lipinski definition) is 0. The molecule has 0 saturated heterocycles. The summed E-state index contributed by atoms with van der Waals surface area (Å²) in [5.74, 6) is 0. The third kappa shape index (κ3) is 2.45. The van der Waals surface area contributed by atoms with Crippen LogP contribution < -0.4 is 0 Å². The summed E-state index contributed by atoms with van der Waals surface area (Å²) < 4.78 is 0. The van der Waals surface area contributed by atoms with Gasteiger partial charge in [0, 0.05) is 10.2 Å². The summed E-state index contributed by atoms with van der Waals surface area (Å²) >= 11 is 0. The van der Waals surface area contributed by atoms with E-state index in [1.807, 2.05) is 0 Å². The van der Waals surface area contributed by atoms with Crippen LogP contribution in [0.2, 0.25) is 5.54 Å². The first-order valence-corrected chi connectivity index (χ1v) is 3.10. The molecule has 0 heterocycles. The SMILES string of the molecule is CCC([Si])CC. The fourth-order valence-corrected chi connectivity index (χ4v) is 0.289. The summed E-state index contributed by atoms with van der Waals surface area (Å²) in [7, 11) is 3.52. The summed E-state index contributed by atoms with van der Waals surface area (Å²) in [6.45, 7) is 4.36. The van der Waals surface area contributed by atoms with Crippen LogP contribution in [0.3, 0.4) is 0 Å². The fraction of sp³-hybridized carbons (Fsp3) is 1.00. The second-order valence-electron chi connectivity index (χ2n) is 1.51. The molecule has 0 aromatic carbocycles. The highest BCUT2D eigenvalue weighted by Crippen LogP contribution is 2.06. The van der Waals surface area contributed by atoms with Crippen molar-refractivity contribution in [2.45, 2.75) is 32.2 Å². The molecule has 35 valence electrons. The summed E-state index contributed by atoms with van der Waals surface area (Å²) in [5.41, 5.74) is 0.741. The molecule has 3 radical (unpaired) electrons. The quantitative estimate of drug-likeness (QED) is 0.463. The minimum Gasteiger partial charge on any atom is -0.0654 e. The van der Waals surface area contributed by atoms with Crippen molar-refractivity contribution in [3.05, 3.63) is 0 Å². The van der Waals surface area contributed by atoms with Gasteiger partial charge >= 0.3 is 0 Å². The zero-order valence-electron chi connectivity index (χ0n) is 4.49. The fourth-order valence-electron chi connectivity index (χ4n) is 0.289. The van der Waals surface area contributed by atoms with E-state index in [9.17, 15) is 0 Å². The highest BCUT2D eigenvalue weighted by molar-refractivity contribution is 6.11. The van der Waals surface area contributed by atoms with E-state index in [-0.39, 0.29) is 0 Å². The molecule has 0 aromatic rings. The molecule has 0 aliphatic rings. The maximum absolute atomic E-state index is 3.52. The van der Waals surface area contributed by atoms with Crippen LogP contribution in [-0.4, -0.2) is 10.2 Å². The average molecular weight is 99.2 g/mol. The zero-order valence-corrected chi connectivity index (χ0v) is 5.49. The van der Waals surface area contributed by atoms with E-state index < -0.39 is 0 Å². The lowest BCUT2D eigenvalue weighted by Crippen LogP contribution is -1.83. The Balaban J connectivity index is 2.75. The molecule has 0 bridgehead atoms. The second kappa shape index (κ2) is 3.41. The first-order valence-electron chi connectivity index (χ1n) is 2.52. The Morgan fingerprint density at radius 3 is 1.67 bits per heavy atom. The maximum atomic E-state index is 3.52. The van der Waals surface area contributed by atoms with Crippen molar-refractivity contribution in [2.24, 2.45) is 0 Å². The molecule has 0 rings (SSSR count). The van der Waals surface area contributed by atoms with Crippen molar-refractivity contribution in [3.8, 4) is 0 Å². The summed E-state index contributed by atoms with van der Waals surface area (Å²) in [6.07, 6.45) is 2.49. The smallest absolute Gasteiger partial charge is 0.0265 e. The van der Waals surface area contributed by atoms with Gasteiger partial charge in [-0.3, -0.25) is 0 Å². The van der Waals surface area contributed by atoms with Gasteiger partial charge in [-0.25, -0.2) is 0 Å². The monoisotopic (exact) mass is 99.1 g/mol. The van der Waals surface area contributed by atoms with E-state index in [0.29, 0.717) is 0 Å². The van der Waals surface area contributed by atoms with Gasteiger partial charge in [0.05, 0.1) is 0 Å². The summed E-state index contributed by atoms with van der Waals surface area (Å²) in [4.78, 5) is 0. The highest BCUT2D eigenvalue weighted by atomic mass is 28.1. The first-order chi connectivity index (χ1) is 2.81. The first kappa shape index (κ1) is 6.22. The second-order valence-corrected chi connectivity index (χ2v) is 2.33. The zero-order chi connectivity index (χ0) is 4.99. The molecule has 0 N–H and O–H groups in total. The minimum absolute atomic E-state index is 0.741. The molecule has 0 unspecified atom stereocenters. The Bertz CT molecular complexity index is 23.1. The Labute approximate surface area is 43.4 Å². The van der Waals surface area contributed by atoms with Gasteiger partial charge in [0.25, 0.3) is 0 Å². The van der Waals surface area contributed by atoms with Gasteiger partial charge in [0.1, 0.15) is 0 Å². The minimum atomic E-state index is 0.741. The molecule has 0 aliphatic carbocycles. The van der Waals surface area contributed by atoms with E-state index in [2.05, 4.69) is 24.1 Å². The third-order valence-electron chi connectivity index (χ3n) is 0.986. The Morgan fingerprint density at radius 1 is 1.33 bits per heavy atom. The Morgan fingerprint density at radius 2 is 1.67 bits per heavy atom. The predicted molar refractivity (Wildman–Crippen MR) is 30.1 cm³/mol. The summed E-state index contributed by atoms with van der Waals surface area (Å²) in [6, 6.07) is 0. The molecular weight excluding hydrogens is 88.1 g/mol. The lowest BCUT2D eigenvalue weighted by molar-refractivity contribution is 0.768. The van der Waals surface area contributed by atoms with E-state index in [1.165, 1.54) is 12.8 Å². The molecule has 0 fully saturated rings. The van der Waals surface area contributed by atoms with Crippen molar-refractivity contribution in [1.82, 2.24) is 0 Å². The topological polar surface area (TPSA) is 0 Å². The molecule has 0 saturated carbocycles. The van der Waals surface area contributed by atoms with Crippen LogP contribution in [0.15, 0.2) is 0 Å². The van der Waals surface area contributed by atoms with Crippen LogP contribution in [0.5, 0.6) is 0 Å². The van der Waals surface area contributed by atoms with Crippen molar-refractivity contribution in [3.63, 3.8) is 0 Å². The van der Waals surface area contributed by atoms with Crippen LogP contribution in [0.4, 0.5) is 0 Å². The molecule has 0 aromatic heterocycles. The lowest BCUT2D eigenvalue weighted by Gasteiger charge is -1.98. The number of hydrogen-bond acceptors (Lipinski definition) is 0. The lowest BCUT2D eigenvalue weighted by atomic mass is 10.3. The standard InChI is InChI=1S/C5H11Si/c1-3-5(6)4-2/h5H,3-4H2,1-2H3. The van der Waals surface area contributed by atoms with Crippen molar-refractivity contribution < 1.29 is 0 Å². The van der Waals surface area contributed by atoms with Crippen molar-refractivity contribution in [2.75, 3.05) is 0 Å². The van der Waals surface area contributed by atoms with Crippen LogP contribution in [-0.2, 0) is 0 Å². The highest BCUT2D eigenvalue weighted by Gasteiger charge is 1.89. The molecule has 0 atom stereocenters. The molecular formula is C5H11Si. The van der Waals surface area contributed by atoms with Crippen LogP contribution in [0, 0.1) is 0 Å². The van der Waals surface area contributed by atoms with Gasteiger partial charge in [-0.15, -0.1) is 0 Å². The van der Waals surface area contributed by atoms with Crippen LogP contribution in [0.25, 0.3) is 0 Å². The van der Waals surface area contributed by atoms with E-state index >= 15 is 0 Å². The molecule has 0 spiro atoms. The van der Waals surface area contributed by atoms with Gasteiger partial charge in [0.15, 0.2) is 0 Å². The van der Waals surface area contributed by atoms with Crippen LogP contribution in [0.1, 0.15) is 26.7 Å². The largest absolute Gasteiger partial charge is 0.0654 e. The van der Waals surface area contributed by atoms with Crippen LogP contribution >= 0.6 is 0 Å². The van der Waals surface area contributed by atoms with E-state index in [4.69, 9.17) is 0 Å². The molecule has 0 amide bonds. The molecule has 0 aliphatic heterocycles. The Hall–Kier alpha value is 0.217. The maximum Gasteiger partial charge on any atom is 0.0265 e. The summed E-state index contributed by atoms with van der Waals surface area (Å²) in [5, 5.41) is 0. The molecule has 0 nitrogen and oxygen atoms in total. The van der Waals surface area contributed by atoms with Crippen molar-refractivity contribution >= 4 is 10.2 Å². The number of rotatable bonds is 2. The van der Waals surface area contributed by atoms with Crippen molar-refractivity contribution in [1.29, 1.82) is 0 Å². The normalized spacial score (nSPS) is 10.0. The average Bonchev–Trinajstić information content (AvgIpc) is 1.65. The molecule has 1 heteroatoms.